The molecule has 3 N–H and O–H groups in total. The molecule has 0 unspecified atom stereocenters. The quantitative estimate of drug-likeness (QED) is 0.376. The molecule has 0 aliphatic heterocycles. The number of hydrogen-bond acceptors (Lipinski definition) is 4. The standard InChI is InChI=1S/C14H17N5O2/c1-18-8-7-16-12(18)9-19(2)14(20)11-5-3-10(4-6-11)13(15)17-21/h3-8,21H,9H2,1-2H3,(H2,15,17). The van der Waals surface area contributed by atoms with Gasteiger partial charge in [-0.1, -0.05) is 17.3 Å². The van der Waals surface area contributed by atoms with Crippen LogP contribution in [0.5, 0.6) is 0 Å². The van der Waals surface area contributed by atoms with Crippen LogP contribution in [-0.2, 0) is 13.6 Å². The van der Waals surface area contributed by atoms with Gasteiger partial charge in [-0.25, -0.2) is 4.98 Å². The van der Waals surface area contributed by atoms with E-state index in [2.05, 4.69) is 10.1 Å². The first-order valence-electron chi connectivity index (χ1n) is 6.32. The molecule has 1 amide bonds. The fraction of sp³-hybridized carbons (Fsp3) is 0.214. The smallest absolute Gasteiger partial charge is 0.254 e. The van der Waals surface area contributed by atoms with Crippen molar-refractivity contribution in [3.8, 4) is 0 Å². The van der Waals surface area contributed by atoms with Crippen molar-refractivity contribution < 1.29 is 10.0 Å². The molecule has 7 heteroatoms. The third-order valence-corrected chi connectivity index (χ3v) is 3.18. The molecule has 1 aromatic carbocycles. The van der Waals surface area contributed by atoms with E-state index in [9.17, 15) is 4.79 Å². The number of hydrogen-bond donors (Lipinski definition) is 2. The van der Waals surface area contributed by atoms with Crippen molar-refractivity contribution in [3.05, 3.63) is 53.6 Å². The van der Waals surface area contributed by atoms with Crippen molar-refractivity contribution in [2.24, 2.45) is 17.9 Å². The Bertz CT molecular complexity index is 660. The summed E-state index contributed by atoms with van der Waals surface area (Å²) in [6, 6.07) is 6.56. The monoisotopic (exact) mass is 287 g/mol. The molecule has 0 saturated heterocycles. The van der Waals surface area contributed by atoms with Crippen LogP contribution in [0.4, 0.5) is 0 Å². The van der Waals surface area contributed by atoms with Crippen LogP contribution in [0.2, 0.25) is 0 Å². The summed E-state index contributed by atoms with van der Waals surface area (Å²) in [6.07, 6.45) is 3.53. The summed E-state index contributed by atoms with van der Waals surface area (Å²) in [7, 11) is 3.60. The Morgan fingerprint density at radius 2 is 2.00 bits per heavy atom. The summed E-state index contributed by atoms with van der Waals surface area (Å²) in [5.74, 6) is 0.693. The van der Waals surface area contributed by atoms with Crippen LogP contribution in [0.15, 0.2) is 41.8 Å². The van der Waals surface area contributed by atoms with Crippen LogP contribution in [0, 0.1) is 0 Å². The molecule has 1 aromatic heterocycles. The number of oxime groups is 1. The molecule has 0 spiro atoms. The molecule has 0 aliphatic carbocycles. The van der Waals surface area contributed by atoms with Crippen LogP contribution in [0.25, 0.3) is 0 Å². The zero-order valence-electron chi connectivity index (χ0n) is 11.9. The summed E-state index contributed by atoms with van der Waals surface area (Å²) in [4.78, 5) is 18.1. The van der Waals surface area contributed by atoms with Gasteiger partial charge in [0.1, 0.15) is 5.82 Å². The predicted octanol–water partition coefficient (Wildman–Crippen LogP) is 0.787. The first-order valence-corrected chi connectivity index (χ1v) is 6.32. The normalized spacial score (nSPS) is 11.4. The predicted molar refractivity (Wildman–Crippen MR) is 78.0 cm³/mol. The zero-order chi connectivity index (χ0) is 15.4. The molecule has 2 aromatic rings. The van der Waals surface area contributed by atoms with E-state index in [1.165, 1.54) is 0 Å². The number of benzene rings is 1. The van der Waals surface area contributed by atoms with E-state index >= 15 is 0 Å². The third-order valence-electron chi connectivity index (χ3n) is 3.18. The van der Waals surface area contributed by atoms with Gasteiger partial charge in [0.15, 0.2) is 5.84 Å². The Morgan fingerprint density at radius 3 is 2.52 bits per heavy atom. The lowest BCUT2D eigenvalue weighted by Gasteiger charge is -2.17. The minimum absolute atomic E-state index is 0.00960. The third kappa shape index (κ3) is 3.19. The van der Waals surface area contributed by atoms with Crippen molar-refractivity contribution in [1.29, 1.82) is 0 Å². The van der Waals surface area contributed by atoms with Crippen molar-refractivity contribution >= 4 is 11.7 Å². The number of aryl methyl sites for hydroxylation is 1. The second kappa shape index (κ2) is 6.08. The van der Waals surface area contributed by atoms with Crippen LogP contribution in [-0.4, -0.2) is 38.4 Å². The highest BCUT2D eigenvalue weighted by atomic mass is 16.4. The van der Waals surface area contributed by atoms with Gasteiger partial charge in [0, 0.05) is 37.6 Å². The summed E-state index contributed by atoms with van der Waals surface area (Å²) in [5.41, 5.74) is 6.57. The second-order valence-corrected chi connectivity index (χ2v) is 4.68. The molecule has 110 valence electrons. The van der Waals surface area contributed by atoms with Crippen LogP contribution in [0.1, 0.15) is 21.7 Å². The molecule has 1 heterocycles. The van der Waals surface area contributed by atoms with Gasteiger partial charge in [-0.15, -0.1) is 0 Å². The van der Waals surface area contributed by atoms with Crippen molar-refractivity contribution in [1.82, 2.24) is 14.5 Å². The highest BCUT2D eigenvalue weighted by Crippen LogP contribution is 2.09. The highest BCUT2D eigenvalue weighted by molar-refractivity contribution is 5.99. The largest absolute Gasteiger partial charge is 0.409 e. The Balaban J connectivity index is 2.10. The minimum atomic E-state index is -0.121. The van der Waals surface area contributed by atoms with Crippen LogP contribution >= 0.6 is 0 Å². The van der Waals surface area contributed by atoms with Gasteiger partial charge >= 0.3 is 0 Å². The zero-order valence-corrected chi connectivity index (χ0v) is 11.9. The number of carbonyl (C=O) groups is 1. The lowest BCUT2D eigenvalue weighted by atomic mass is 10.1. The maximum absolute atomic E-state index is 12.3. The van der Waals surface area contributed by atoms with E-state index in [4.69, 9.17) is 10.9 Å². The number of amides is 1. The average Bonchev–Trinajstić information content (AvgIpc) is 2.91. The summed E-state index contributed by atoms with van der Waals surface area (Å²) in [6.45, 7) is 0.421. The van der Waals surface area contributed by atoms with E-state index < -0.39 is 0 Å². The van der Waals surface area contributed by atoms with Gasteiger partial charge in [0.05, 0.1) is 6.54 Å². The number of nitrogens with two attached hydrogens (primary N) is 1. The van der Waals surface area contributed by atoms with Gasteiger partial charge in [-0.05, 0) is 12.1 Å². The summed E-state index contributed by atoms with van der Waals surface area (Å²) < 4.78 is 1.87. The van der Waals surface area contributed by atoms with Crippen molar-refractivity contribution in [2.45, 2.75) is 6.54 Å². The first kappa shape index (κ1) is 14.6. The number of imidazole rings is 1. The van der Waals surface area contributed by atoms with Crippen LogP contribution < -0.4 is 5.73 Å². The van der Waals surface area contributed by atoms with Crippen molar-refractivity contribution in [2.75, 3.05) is 7.05 Å². The molecule has 0 aliphatic rings. The molecule has 0 saturated carbocycles. The minimum Gasteiger partial charge on any atom is -0.409 e. The Hall–Kier alpha value is -2.83. The van der Waals surface area contributed by atoms with Gasteiger partial charge in [-0.2, -0.15) is 0 Å². The highest BCUT2D eigenvalue weighted by Gasteiger charge is 2.14. The van der Waals surface area contributed by atoms with Gasteiger partial charge in [0.2, 0.25) is 0 Å². The fourth-order valence-electron chi connectivity index (χ4n) is 1.89. The van der Waals surface area contributed by atoms with E-state index in [0.29, 0.717) is 17.7 Å². The fourth-order valence-corrected chi connectivity index (χ4v) is 1.89. The summed E-state index contributed by atoms with van der Waals surface area (Å²) in [5, 5.41) is 11.5. The maximum atomic E-state index is 12.3. The molecular weight excluding hydrogens is 270 g/mol. The van der Waals surface area contributed by atoms with Crippen molar-refractivity contribution in [3.63, 3.8) is 0 Å². The van der Waals surface area contributed by atoms with E-state index in [-0.39, 0.29) is 11.7 Å². The molecule has 0 radical (unpaired) electrons. The van der Waals surface area contributed by atoms with Gasteiger partial charge < -0.3 is 20.4 Å². The number of aromatic nitrogens is 2. The number of nitrogens with zero attached hydrogens (tertiary/aromatic N) is 4. The maximum Gasteiger partial charge on any atom is 0.254 e. The SMILES string of the molecule is CN(Cc1nccn1C)C(=O)c1ccc(C(N)=NO)cc1. The van der Waals surface area contributed by atoms with E-state index in [1.54, 1.807) is 42.4 Å². The average molecular weight is 287 g/mol. The molecule has 21 heavy (non-hydrogen) atoms. The van der Waals surface area contributed by atoms with E-state index in [1.807, 2.05) is 17.8 Å². The lowest BCUT2D eigenvalue weighted by Crippen LogP contribution is -2.27. The molecule has 0 fully saturated rings. The number of carbonyl (C=O) groups excluding carboxylic acids is 1. The van der Waals surface area contributed by atoms with Gasteiger partial charge in [0.25, 0.3) is 5.91 Å². The number of amidine groups is 1. The second-order valence-electron chi connectivity index (χ2n) is 4.68. The molecule has 0 atom stereocenters. The van der Waals surface area contributed by atoms with Gasteiger partial charge in [-0.3, -0.25) is 4.79 Å². The number of rotatable bonds is 4. The summed E-state index contributed by atoms with van der Waals surface area (Å²) >= 11 is 0. The van der Waals surface area contributed by atoms with Crippen LogP contribution in [0.3, 0.4) is 0 Å². The van der Waals surface area contributed by atoms with E-state index in [0.717, 1.165) is 5.82 Å². The Morgan fingerprint density at radius 1 is 1.38 bits per heavy atom. The Labute approximate surface area is 122 Å². The molecular formula is C14H17N5O2. The molecule has 0 bridgehead atoms. The lowest BCUT2D eigenvalue weighted by molar-refractivity contribution is 0.0780. The molecule has 2 rings (SSSR count). The first-order chi connectivity index (χ1) is 10.0. The Kier molecular flexibility index (Phi) is 4.22. The molecule has 7 nitrogen and oxygen atoms in total. The topological polar surface area (TPSA) is 96.7 Å².